The van der Waals surface area contributed by atoms with Gasteiger partial charge in [-0.15, -0.1) is 0 Å². The van der Waals surface area contributed by atoms with Gasteiger partial charge in [0.2, 0.25) is 0 Å². The van der Waals surface area contributed by atoms with E-state index in [-0.39, 0.29) is 0 Å². The summed E-state index contributed by atoms with van der Waals surface area (Å²) >= 11 is 0. The van der Waals surface area contributed by atoms with Crippen LogP contribution in [0.1, 0.15) is 91.9 Å². The summed E-state index contributed by atoms with van der Waals surface area (Å²) in [5, 5.41) is 0. The number of hydrogen-bond acceptors (Lipinski definition) is 1. The van der Waals surface area contributed by atoms with Crippen molar-refractivity contribution in [2.45, 2.75) is 104 Å². The minimum absolute atomic E-state index is 0.552. The van der Waals surface area contributed by atoms with E-state index in [1.807, 2.05) is 5.57 Å². The lowest BCUT2D eigenvalue weighted by molar-refractivity contribution is -0.0450. The third kappa shape index (κ3) is 2.35. The smallest absolute Gasteiger partial charge is 0.0135 e. The predicted molar refractivity (Wildman–Crippen MR) is 117 cm³/mol. The maximum atomic E-state index is 3.03. The minimum atomic E-state index is 0.552. The van der Waals surface area contributed by atoms with Crippen molar-refractivity contribution in [2.75, 3.05) is 6.54 Å². The first-order chi connectivity index (χ1) is 13.4. The molecule has 0 aromatic heterocycles. The van der Waals surface area contributed by atoms with Crippen molar-refractivity contribution < 1.29 is 0 Å². The van der Waals surface area contributed by atoms with E-state index >= 15 is 0 Å². The van der Waals surface area contributed by atoms with E-state index < -0.39 is 0 Å². The molecule has 6 rings (SSSR count). The maximum Gasteiger partial charge on any atom is 0.0135 e. The minimum Gasteiger partial charge on any atom is -0.297 e. The van der Waals surface area contributed by atoms with E-state index in [2.05, 4.69) is 38.7 Å². The molecular weight excluding hydrogens is 338 g/mol. The van der Waals surface area contributed by atoms with Crippen molar-refractivity contribution in [3.63, 3.8) is 0 Å². The van der Waals surface area contributed by atoms with E-state index in [4.69, 9.17) is 0 Å². The van der Waals surface area contributed by atoms with Gasteiger partial charge in [0, 0.05) is 18.6 Å². The van der Waals surface area contributed by atoms with E-state index in [0.717, 1.165) is 47.6 Å². The average molecular weight is 382 g/mol. The Labute approximate surface area is 173 Å². The Hall–Kier alpha value is -0.300. The lowest BCUT2D eigenvalue weighted by Gasteiger charge is -2.58. The second-order valence-corrected chi connectivity index (χ2v) is 12.8. The second-order valence-electron chi connectivity index (χ2n) is 12.8. The highest BCUT2D eigenvalue weighted by atomic mass is 15.2. The van der Waals surface area contributed by atoms with Crippen LogP contribution in [0, 0.1) is 46.3 Å². The van der Waals surface area contributed by atoms with E-state index in [1.165, 1.54) is 64.3 Å². The highest BCUT2D eigenvalue weighted by molar-refractivity contribution is 5.26. The topological polar surface area (TPSA) is 3.24 Å². The molecule has 5 fully saturated rings. The first-order valence-corrected chi connectivity index (χ1v) is 12.9. The molecule has 156 valence electrons. The van der Waals surface area contributed by atoms with Gasteiger partial charge in [0.05, 0.1) is 0 Å². The summed E-state index contributed by atoms with van der Waals surface area (Å²) in [5.74, 6) is 5.86. The van der Waals surface area contributed by atoms with Crippen LogP contribution < -0.4 is 0 Å². The summed E-state index contributed by atoms with van der Waals surface area (Å²) in [6, 6.07) is 1.88. The maximum absolute atomic E-state index is 3.03. The fourth-order valence-electron chi connectivity index (χ4n) is 9.95. The molecule has 6 aliphatic rings. The zero-order valence-corrected chi connectivity index (χ0v) is 18.9. The fourth-order valence-corrected chi connectivity index (χ4v) is 9.95. The monoisotopic (exact) mass is 381 g/mol. The third-order valence-corrected chi connectivity index (χ3v) is 11.5. The molecule has 0 N–H and O–H groups in total. The highest BCUT2D eigenvalue weighted by Crippen LogP contribution is 2.69. The van der Waals surface area contributed by atoms with Crippen molar-refractivity contribution in [3.8, 4) is 0 Å². The molecule has 2 saturated heterocycles. The van der Waals surface area contributed by atoms with Crippen LogP contribution in [0.5, 0.6) is 0 Å². The van der Waals surface area contributed by atoms with Crippen molar-refractivity contribution in [2.24, 2.45) is 46.3 Å². The Kier molecular flexibility index (Phi) is 4.03. The summed E-state index contributed by atoms with van der Waals surface area (Å²) in [7, 11) is 0. The predicted octanol–water partition coefficient (Wildman–Crippen LogP) is 6.68. The van der Waals surface area contributed by atoms with Crippen LogP contribution in [-0.2, 0) is 0 Å². The van der Waals surface area contributed by atoms with Crippen LogP contribution in [-0.4, -0.2) is 23.5 Å². The van der Waals surface area contributed by atoms with Crippen LogP contribution in [0.3, 0.4) is 0 Å². The van der Waals surface area contributed by atoms with Gasteiger partial charge in [-0.05, 0) is 111 Å². The Bertz CT molecular complexity index is 680. The zero-order valence-electron chi connectivity index (χ0n) is 18.9. The van der Waals surface area contributed by atoms with Gasteiger partial charge >= 0.3 is 0 Å². The average Bonchev–Trinajstić information content (AvgIpc) is 3.16. The van der Waals surface area contributed by atoms with Crippen LogP contribution in [0.4, 0.5) is 0 Å². The molecular formula is C27H43N. The molecule has 2 aliphatic heterocycles. The largest absolute Gasteiger partial charge is 0.297 e. The van der Waals surface area contributed by atoms with Crippen molar-refractivity contribution >= 4 is 0 Å². The van der Waals surface area contributed by atoms with Gasteiger partial charge in [0.25, 0.3) is 0 Å². The lowest BCUT2D eigenvalue weighted by atomic mass is 9.47. The summed E-state index contributed by atoms with van der Waals surface area (Å²) in [4.78, 5) is 3.03. The SMILES string of the molecule is CC1CCC2(C)C(=CCC3C2CCC2(C)C3CC3C2CC2CCC(C)CN23)C1. The van der Waals surface area contributed by atoms with E-state index in [9.17, 15) is 0 Å². The molecule has 0 radical (unpaired) electrons. The summed E-state index contributed by atoms with van der Waals surface area (Å²) in [6.07, 6.45) is 17.7. The van der Waals surface area contributed by atoms with Gasteiger partial charge in [0.15, 0.2) is 0 Å². The molecule has 0 bridgehead atoms. The van der Waals surface area contributed by atoms with Crippen LogP contribution in [0.2, 0.25) is 0 Å². The molecule has 3 saturated carbocycles. The highest BCUT2D eigenvalue weighted by Gasteiger charge is 2.64. The Morgan fingerprint density at radius 3 is 2.61 bits per heavy atom. The molecule has 10 atom stereocenters. The van der Waals surface area contributed by atoms with Gasteiger partial charge < -0.3 is 0 Å². The number of fused-ring (bicyclic) bond motifs is 9. The normalized spacial score (nSPS) is 58.2. The van der Waals surface area contributed by atoms with Gasteiger partial charge in [-0.3, -0.25) is 4.90 Å². The first-order valence-electron chi connectivity index (χ1n) is 12.9. The number of piperidine rings is 1. The Morgan fingerprint density at radius 2 is 1.75 bits per heavy atom. The van der Waals surface area contributed by atoms with E-state index in [1.54, 1.807) is 6.42 Å². The standard InChI is InChI=1S/C27H43N/c1-17-9-11-26(3)19(13-17)6-8-21-22(26)10-12-27(4)23(21)15-25-24(27)14-20-7-5-18(2)16-28(20)25/h6,17-18,20-25H,5,7-16H2,1-4H3. The molecule has 0 aromatic rings. The van der Waals surface area contributed by atoms with Crippen LogP contribution in [0.15, 0.2) is 11.6 Å². The number of hydrogen-bond donors (Lipinski definition) is 0. The van der Waals surface area contributed by atoms with Crippen molar-refractivity contribution in [3.05, 3.63) is 11.6 Å². The van der Waals surface area contributed by atoms with Gasteiger partial charge in [-0.1, -0.05) is 39.3 Å². The fraction of sp³-hybridized carbons (Fsp3) is 0.926. The Balaban J connectivity index is 1.30. The summed E-state index contributed by atoms with van der Waals surface area (Å²) in [6.45, 7) is 11.8. The first kappa shape index (κ1) is 18.5. The molecule has 4 aliphatic carbocycles. The van der Waals surface area contributed by atoms with Gasteiger partial charge in [-0.2, -0.15) is 0 Å². The van der Waals surface area contributed by atoms with E-state index in [0.29, 0.717) is 10.8 Å². The molecule has 2 heterocycles. The number of allylic oxidation sites excluding steroid dienone is 2. The molecule has 0 amide bonds. The number of rotatable bonds is 0. The van der Waals surface area contributed by atoms with Crippen molar-refractivity contribution in [1.29, 1.82) is 0 Å². The third-order valence-electron chi connectivity index (χ3n) is 11.5. The quantitative estimate of drug-likeness (QED) is 0.423. The van der Waals surface area contributed by atoms with Gasteiger partial charge in [-0.25, -0.2) is 0 Å². The molecule has 0 aromatic carbocycles. The zero-order chi connectivity index (χ0) is 19.3. The van der Waals surface area contributed by atoms with Crippen molar-refractivity contribution in [1.82, 2.24) is 4.90 Å². The molecule has 28 heavy (non-hydrogen) atoms. The molecule has 10 unspecified atom stereocenters. The Morgan fingerprint density at radius 1 is 0.893 bits per heavy atom. The second kappa shape index (κ2) is 6.12. The molecule has 0 spiro atoms. The lowest BCUT2D eigenvalue weighted by Crippen LogP contribution is -2.50. The van der Waals surface area contributed by atoms with Gasteiger partial charge in [0.1, 0.15) is 0 Å². The van der Waals surface area contributed by atoms with Crippen LogP contribution >= 0.6 is 0 Å². The number of nitrogens with zero attached hydrogens (tertiary/aromatic N) is 1. The van der Waals surface area contributed by atoms with Crippen LogP contribution in [0.25, 0.3) is 0 Å². The molecule has 1 heteroatoms. The summed E-state index contributed by atoms with van der Waals surface area (Å²) < 4.78 is 0. The molecule has 1 nitrogen and oxygen atoms in total. The summed E-state index contributed by atoms with van der Waals surface area (Å²) in [5.41, 5.74) is 3.08.